The number of nitrogens with one attached hydrogen (secondary N) is 2. The summed E-state index contributed by atoms with van der Waals surface area (Å²) in [6, 6.07) is 9.74. The van der Waals surface area contributed by atoms with Crippen molar-refractivity contribution in [2.24, 2.45) is 0 Å². The smallest absolute Gasteiger partial charge is 0.220 e. The molecule has 4 aromatic heterocycles. The summed E-state index contributed by atoms with van der Waals surface area (Å²) in [5, 5.41) is 4.46. The number of nitrogens with zero attached hydrogens (tertiary/aromatic N) is 4. The molecule has 4 N–H and O–H groups in total. The molecule has 0 fully saturated rings. The molecule has 0 saturated heterocycles. The van der Waals surface area contributed by atoms with Crippen LogP contribution in [0.25, 0.3) is 22.3 Å². The summed E-state index contributed by atoms with van der Waals surface area (Å²) < 4.78 is 0. The average molecular weight is 331 g/mol. The topological polar surface area (TPSA) is 105 Å². The molecule has 4 aromatic rings. The predicted octanol–water partition coefficient (Wildman–Crippen LogP) is 2.65. The number of hydrogen-bond acceptors (Lipinski definition) is 6. The SMILES string of the molecule is Nc1nccc(-c2c[nH]c3nccc(NCCc4ccccn4)c23)n1. The molecular formula is C18H17N7. The number of rotatable bonds is 5. The van der Waals surface area contributed by atoms with Gasteiger partial charge in [-0.05, 0) is 24.3 Å². The molecule has 0 spiro atoms. The minimum absolute atomic E-state index is 0.250. The molecule has 0 aromatic carbocycles. The Morgan fingerprint density at radius 1 is 1.00 bits per heavy atom. The highest BCUT2D eigenvalue weighted by Gasteiger charge is 2.12. The lowest BCUT2D eigenvalue weighted by Crippen LogP contribution is -2.06. The van der Waals surface area contributed by atoms with Crippen LogP contribution in [0.3, 0.4) is 0 Å². The zero-order chi connectivity index (χ0) is 17.1. The van der Waals surface area contributed by atoms with E-state index in [4.69, 9.17) is 5.73 Å². The van der Waals surface area contributed by atoms with Crippen LogP contribution in [0.5, 0.6) is 0 Å². The van der Waals surface area contributed by atoms with Crippen molar-refractivity contribution in [2.45, 2.75) is 6.42 Å². The molecule has 0 aliphatic rings. The molecular weight excluding hydrogens is 314 g/mol. The van der Waals surface area contributed by atoms with Crippen LogP contribution in [0.15, 0.2) is 55.1 Å². The summed E-state index contributed by atoms with van der Waals surface area (Å²) in [6.07, 6.45) is 7.97. The van der Waals surface area contributed by atoms with Crippen LogP contribution in [0, 0.1) is 0 Å². The Morgan fingerprint density at radius 2 is 1.92 bits per heavy atom. The summed E-state index contributed by atoms with van der Waals surface area (Å²) in [5.74, 6) is 0.250. The van der Waals surface area contributed by atoms with Gasteiger partial charge in [-0.25, -0.2) is 15.0 Å². The van der Waals surface area contributed by atoms with E-state index < -0.39 is 0 Å². The van der Waals surface area contributed by atoms with Crippen LogP contribution >= 0.6 is 0 Å². The van der Waals surface area contributed by atoms with Gasteiger partial charge in [-0.1, -0.05) is 6.07 Å². The van der Waals surface area contributed by atoms with E-state index in [-0.39, 0.29) is 5.95 Å². The zero-order valence-electron chi connectivity index (χ0n) is 13.5. The molecule has 0 bridgehead atoms. The van der Waals surface area contributed by atoms with Gasteiger partial charge in [0.05, 0.1) is 11.1 Å². The summed E-state index contributed by atoms with van der Waals surface area (Å²) in [7, 11) is 0. The van der Waals surface area contributed by atoms with Crippen molar-refractivity contribution in [3.8, 4) is 11.3 Å². The van der Waals surface area contributed by atoms with Crippen molar-refractivity contribution in [3.63, 3.8) is 0 Å². The van der Waals surface area contributed by atoms with Crippen LogP contribution in [0.2, 0.25) is 0 Å². The standard InChI is InChI=1S/C18H17N7/c19-18-23-10-5-14(25-18)13-11-24-17-16(13)15(6-9-22-17)21-8-4-12-3-1-2-7-20-12/h1-3,5-7,9-11H,4,8H2,(H2,19,23,25)(H2,21,22,24). The van der Waals surface area contributed by atoms with Crippen molar-refractivity contribution in [2.75, 3.05) is 17.6 Å². The van der Waals surface area contributed by atoms with Gasteiger partial charge in [-0.15, -0.1) is 0 Å². The Morgan fingerprint density at radius 3 is 2.76 bits per heavy atom. The fourth-order valence-corrected chi connectivity index (χ4v) is 2.80. The molecule has 0 unspecified atom stereocenters. The molecule has 0 aliphatic carbocycles. The van der Waals surface area contributed by atoms with Crippen molar-refractivity contribution in [1.29, 1.82) is 0 Å². The van der Waals surface area contributed by atoms with Crippen molar-refractivity contribution < 1.29 is 0 Å². The molecule has 4 heterocycles. The molecule has 0 radical (unpaired) electrons. The highest BCUT2D eigenvalue weighted by atomic mass is 15.0. The van der Waals surface area contributed by atoms with Gasteiger partial charge in [-0.3, -0.25) is 4.98 Å². The van der Waals surface area contributed by atoms with Crippen molar-refractivity contribution >= 4 is 22.7 Å². The van der Waals surface area contributed by atoms with E-state index in [1.54, 1.807) is 12.4 Å². The maximum absolute atomic E-state index is 5.72. The lowest BCUT2D eigenvalue weighted by molar-refractivity contribution is 0.962. The second-order valence-corrected chi connectivity index (χ2v) is 5.58. The summed E-state index contributed by atoms with van der Waals surface area (Å²) in [4.78, 5) is 20.2. The monoisotopic (exact) mass is 331 g/mol. The van der Waals surface area contributed by atoms with Gasteiger partial charge in [0.2, 0.25) is 5.95 Å². The Balaban J connectivity index is 1.64. The van der Waals surface area contributed by atoms with Crippen molar-refractivity contribution in [1.82, 2.24) is 24.9 Å². The van der Waals surface area contributed by atoms with Gasteiger partial charge in [0, 0.05) is 54.7 Å². The number of pyridine rings is 2. The second kappa shape index (κ2) is 6.56. The van der Waals surface area contributed by atoms with E-state index in [9.17, 15) is 0 Å². The molecule has 7 nitrogen and oxygen atoms in total. The van der Waals surface area contributed by atoms with E-state index >= 15 is 0 Å². The summed E-state index contributed by atoms with van der Waals surface area (Å²) in [5.41, 5.74) is 10.3. The van der Waals surface area contributed by atoms with Gasteiger partial charge in [0.25, 0.3) is 0 Å². The van der Waals surface area contributed by atoms with Gasteiger partial charge >= 0.3 is 0 Å². The fraction of sp³-hybridized carbons (Fsp3) is 0.111. The van der Waals surface area contributed by atoms with Crippen LogP contribution in [0.4, 0.5) is 11.6 Å². The lowest BCUT2D eigenvalue weighted by atomic mass is 10.1. The van der Waals surface area contributed by atoms with Crippen LogP contribution in [0.1, 0.15) is 5.69 Å². The number of anilines is 2. The highest BCUT2D eigenvalue weighted by Crippen LogP contribution is 2.32. The third-order valence-corrected chi connectivity index (χ3v) is 3.95. The maximum Gasteiger partial charge on any atom is 0.220 e. The number of fused-ring (bicyclic) bond motifs is 1. The minimum atomic E-state index is 0.250. The van der Waals surface area contributed by atoms with Crippen LogP contribution in [-0.2, 0) is 6.42 Å². The third-order valence-electron chi connectivity index (χ3n) is 3.95. The molecule has 0 atom stereocenters. The normalized spacial score (nSPS) is 10.9. The molecule has 124 valence electrons. The Bertz CT molecular complexity index is 995. The number of aromatic amines is 1. The second-order valence-electron chi connectivity index (χ2n) is 5.58. The minimum Gasteiger partial charge on any atom is -0.384 e. The van der Waals surface area contributed by atoms with E-state index in [2.05, 4.69) is 30.2 Å². The van der Waals surface area contributed by atoms with Gasteiger partial charge in [0.15, 0.2) is 0 Å². The maximum atomic E-state index is 5.72. The van der Waals surface area contributed by atoms with Gasteiger partial charge in [-0.2, -0.15) is 0 Å². The quantitative estimate of drug-likeness (QED) is 0.519. The number of nitrogens with two attached hydrogens (primary N) is 1. The first-order valence-electron chi connectivity index (χ1n) is 8.00. The number of H-pyrrole nitrogens is 1. The summed E-state index contributed by atoms with van der Waals surface area (Å²) >= 11 is 0. The molecule has 0 aliphatic heterocycles. The average Bonchev–Trinajstić information content (AvgIpc) is 3.08. The fourth-order valence-electron chi connectivity index (χ4n) is 2.80. The number of nitrogen functional groups attached to an aromatic ring is 1. The number of hydrogen-bond donors (Lipinski definition) is 3. The first-order valence-corrected chi connectivity index (χ1v) is 8.00. The third kappa shape index (κ3) is 3.12. The summed E-state index contributed by atoms with van der Waals surface area (Å²) in [6.45, 7) is 0.770. The molecule has 0 amide bonds. The van der Waals surface area contributed by atoms with Crippen LogP contribution in [-0.4, -0.2) is 31.5 Å². The first kappa shape index (κ1) is 15.1. The molecule has 0 saturated carbocycles. The van der Waals surface area contributed by atoms with Crippen LogP contribution < -0.4 is 11.1 Å². The highest BCUT2D eigenvalue weighted by molar-refractivity contribution is 6.01. The Kier molecular flexibility index (Phi) is 3.96. The van der Waals surface area contributed by atoms with E-state index in [1.807, 2.05) is 42.7 Å². The molecule has 4 rings (SSSR count). The van der Waals surface area contributed by atoms with E-state index in [0.717, 1.165) is 46.6 Å². The van der Waals surface area contributed by atoms with E-state index in [0.29, 0.717) is 0 Å². The van der Waals surface area contributed by atoms with Gasteiger partial charge < -0.3 is 16.0 Å². The first-order chi connectivity index (χ1) is 12.3. The predicted molar refractivity (Wildman–Crippen MR) is 98.0 cm³/mol. The molecule has 7 heteroatoms. The Labute approximate surface area is 144 Å². The Hall–Kier alpha value is -3.48. The van der Waals surface area contributed by atoms with Gasteiger partial charge in [0.1, 0.15) is 5.65 Å². The largest absolute Gasteiger partial charge is 0.384 e. The number of aromatic nitrogens is 5. The zero-order valence-corrected chi connectivity index (χ0v) is 13.5. The van der Waals surface area contributed by atoms with E-state index in [1.165, 1.54) is 0 Å². The molecule has 25 heavy (non-hydrogen) atoms. The van der Waals surface area contributed by atoms with Crippen molar-refractivity contribution in [3.05, 3.63) is 60.8 Å². The lowest BCUT2D eigenvalue weighted by Gasteiger charge is -2.09.